The molecular weight excluding hydrogens is 278 g/mol. The summed E-state index contributed by atoms with van der Waals surface area (Å²) < 4.78 is 0. The van der Waals surface area contributed by atoms with Crippen LogP contribution in [0.4, 0.5) is 0 Å². The Morgan fingerprint density at radius 3 is 1.64 bits per heavy atom. The summed E-state index contributed by atoms with van der Waals surface area (Å²) in [6.07, 6.45) is 21.2. The second-order valence-corrected chi connectivity index (χ2v) is 5.73. The number of unbranched alkanes of at least 4 members (excludes halogenated alkanes) is 11. The van der Waals surface area contributed by atoms with E-state index in [1.54, 1.807) is 0 Å². The van der Waals surface area contributed by atoms with Crippen LogP contribution in [0, 0.1) is 0 Å². The van der Waals surface area contributed by atoms with Crippen molar-refractivity contribution in [2.24, 2.45) is 0 Å². The van der Waals surface area contributed by atoms with Crippen molar-refractivity contribution in [2.75, 3.05) is 0 Å². The Bertz CT molecular complexity index is 245. The van der Waals surface area contributed by atoms with E-state index in [-0.39, 0.29) is 48.4 Å². The van der Waals surface area contributed by atoms with Gasteiger partial charge >= 0.3 is 54.4 Å². The Balaban J connectivity index is -0.00000180. The summed E-state index contributed by atoms with van der Waals surface area (Å²) in [4.78, 5) is 10.3. The predicted octanol–water partition coefficient (Wildman–Crippen LogP) is 4.81. The minimum absolute atomic E-state index is 0. The van der Waals surface area contributed by atoms with Gasteiger partial charge in [-0.05, 0) is 32.1 Å². The van der Waals surface area contributed by atoms with Crippen molar-refractivity contribution in [3.8, 4) is 0 Å². The molecule has 0 bridgehead atoms. The number of hydrogen-bond donors (Lipinski definition) is 1. The van der Waals surface area contributed by atoms with E-state index in [0.29, 0.717) is 6.42 Å². The van der Waals surface area contributed by atoms with Gasteiger partial charge in [0.2, 0.25) is 0 Å². The van der Waals surface area contributed by atoms with Crippen molar-refractivity contribution >= 4 is 54.4 Å². The van der Waals surface area contributed by atoms with Crippen LogP contribution in [-0.2, 0) is 4.79 Å². The molecule has 0 aliphatic carbocycles. The summed E-state index contributed by atoms with van der Waals surface area (Å²) in [6.45, 7) is 2.26. The van der Waals surface area contributed by atoms with Crippen LogP contribution in [0.2, 0.25) is 0 Å². The number of hydrogen-bond acceptors (Lipinski definition) is 1. The van der Waals surface area contributed by atoms with Crippen LogP contribution in [-0.4, -0.2) is 59.5 Å². The number of carboxylic acids is 1. The molecule has 0 aromatic heterocycles. The standard InChI is InChI=1S/C18H34O2.Li.Na.2H/c1-2-3-4-5-6-7-8-9-10-11-12-13-14-15-16-17-18(19)20;;;;/h9-10H,2-8,11-17H2,1H3,(H,19,20);;;;/b10-9-;;;;. The van der Waals surface area contributed by atoms with Gasteiger partial charge in [0.05, 0.1) is 0 Å². The molecule has 0 atom stereocenters. The van der Waals surface area contributed by atoms with E-state index in [1.807, 2.05) is 0 Å². The van der Waals surface area contributed by atoms with Gasteiger partial charge in [-0.25, -0.2) is 0 Å². The molecule has 0 unspecified atom stereocenters. The number of rotatable bonds is 15. The first-order valence-electron chi connectivity index (χ1n) is 8.64. The Morgan fingerprint density at radius 1 is 0.773 bits per heavy atom. The maximum atomic E-state index is 10.3. The number of carboxylic acid groups (broad SMARTS) is 1. The molecule has 0 aromatic carbocycles. The van der Waals surface area contributed by atoms with Gasteiger partial charge in [-0.3, -0.25) is 4.79 Å². The van der Waals surface area contributed by atoms with E-state index >= 15 is 0 Å². The molecule has 0 saturated carbocycles. The van der Waals surface area contributed by atoms with Gasteiger partial charge in [0, 0.05) is 6.42 Å². The minimum atomic E-state index is -0.664. The summed E-state index contributed by atoms with van der Waals surface area (Å²) in [6, 6.07) is 0. The number of allylic oxidation sites excluding steroid dienone is 2. The fourth-order valence-corrected chi connectivity index (χ4v) is 2.35. The molecule has 0 heterocycles. The van der Waals surface area contributed by atoms with E-state index in [9.17, 15) is 4.79 Å². The van der Waals surface area contributed by atoms with Crippen LogP contribution in [0.15, 0.2) is 12.2 Å². The zero-order chi connectivity index (χ0) is 14.9. The van der Waals surface area contributed by atoms with Gasteiger partial charge in [-0.2, -0.15) is 0 Å². The summed E-state index contributed by atoms with van der Waals surface area (Å²) in [5.41, 5.74) is 0. The molecule has 0 aliphatic rings. The fraction of sp³-hybridized carbons (Fsp3) is 0.833. The third kappa shape index (κ3) is 25.7. The van der Waals surface area contributed by atoms with Crippen molar-refractivity contribution in [3.63, 3.8) is 0 Å². The first kappa shape index (κ1) is 27.6. The molecule has 122 valence electrons. The van der Waals surface area contributed by atoms with Crippen molar-refractivity contribution < 1.29 is 9.90 Å². The van der Waals surface area contributed by atoms with Gasteiger partial charge < -0.3 is 5.11 Å². The Hall–Kier alpha value is 0.807. The summed E-state index contributed by atoms with van der Waals surface area (Å²) in [7, 11) is 0. The summed E-state index contributed by atoms with van der Waals surface area (Å²) >= 11 is 0. The van der Waals surface area contributed by atoms with Crippen molar-refractivity contribution in [3.05, 3.63) is 12.2 Å². The third-order valence-corrected chi connectivity index (χ3v) is 3.65. The van der Waals surface area contributed by atoms with Crippen molar-refractivity contribution in [1.82, 2.24) is 0 Å². The van der Waals surface area contributed by atoms with E-state index in [4.69, 9.17) is 5.11 Å². The average Bonchev–Trinajstić information content (AvgIpc) is 2.43. The van der Waals surface area contributed by atoms with Gasteiger partial charge in [-0.1, -0.05) is 70.4 Å². The van der Waals surface area contributed by atoms with Gasteiger partial charge in [-0.15, -0.1) is 0 Å². The zero-order valence-electron chi connectivity index (χ0n) is 13.4. The zero-order valence-corrected chi connectivity index (χ0v) is 13.4. The van der Waals surface area contributed by atoms with E-state index in [0.717, 1.165) is 12.8 Å². The maximum absolute atomic E-state index is 10.3. The van der Waals surface area contributed by atoms with Crippen LogP contribution < -0.4 is 0 Å². The molecular formula is C18H36LiNaO2. The molecule has 22 heavy (non-hydrogen) atoms. The van der Waals surface area contributed by atoms with Gasteiger partial charge in [0.1, 0.15) is 0 Å². The number of aliphatic carboxylic acids is 1. The average molecular weight is 314 g/mol. The second-order valence-electron chi connectivity index (χ2n) is 5.73. The summed E-state index contributed by atoms with van der Waals surface area (Å²) in [5, 5.41) is 8.51. The third-order valence-electron chi connectivity index (χ3n) is 3.65. The van der Waals surface area contributed by atoms with Crippen molar-refractivity contribution in [2.45, 2.75) is 96.8 Å². The van der Waals surface area contributed by atoms with E-state index < -0.39 is 5.97 Å². The molecule has 0 fully saturated rings. The molecule has 0 rings (SSSR count). The first-order valence-corrected chi connectivity index (χ1v) is 8.64. The Labute approximate surface area is 172 Å². The molecule has 0 aromatic rings. The van der Waals surface area contributed by atoms with Crippen LogP contribution in [0.1, 0.15) is 96.8 Å². The van der Waals surface area contributed by atoms with Crippen LogP contribution in [0.3, 0.4) is 0 Å². The topological polar surface area (TPSA) is 37.3 Å². The quantitative estimate of drug-likeness (QED) is 0.267. The number of carbonyl (C=O) groups is 1. The van der Waals surface area contributed by atoms with Crippen molar-refractivity contribution in [1.29, 1.82) is 0 Å². The monoisotopic (exact) mass is 314 g/mol. The summed E-state index contributed by atoms with van der Waals surface area (Å²) in [5.74, 6) is -0.664. The molecule has 0 saturated heterocycles. The van der Waals surface area contributed by atoms with Crippen LogP contribution in [0.5, 0.6) is 0 Å². The fourth-order valence-electron chi connectivity index (χ4n) is 2.35. The normalized spacial score (nSPS) is 10.2. The molecule has 0 amide bonds. The van der Waals surface area contributed by atoms with E-state index in [1.165, 1.54) is 70.6 Å². The molecule has 0 aliphatic heterocycles. The van der Waals surface area contributed by atoms with Gasteiger partial charge in [0.25, 0.3) is 0 Å². The second kappa shape index (κ2) is 24.1. The predicted molar refractivity (Wildman–Crippen MR) is 101 cm³/mol. The van der Waals surface area contributed by atoms with E-state index in [2.05, 4.69) is 19.1 Å². The molecule has 2 nitrogen and oxygen atoms in total. The Kier molecular flexibility index (Phi) is 30.2. The Morgan fingerprint density at radius 2 is 1.18 bits per heavy atom. The molecule has 0 radical (unpaired) electrons. The molecule has 0 spiro atoms. The van der Waals surface area contributed by atoms with Crippen LogP contribution in [0.25, 0.3) is 0 Å². The van der Waals surface area contributed by atoms with Gasteiger partial charge in [0.15, 0.2) is 0 Å². The SMILES string of the molecule is CCCCCCCC/C=C\CCCCCCCC(=O)O.[LiH].[NaH]. The van der Waals surface area contributed by atoms with Crippen LogP contribution >= 0.6 is 0 Å². The molecule has 1 N–H and O–H groups in total. The molecule has 4 heteroatoms. The first-order chi connectivity index (χ1) is 9.77.